The lowest BCUT2D eigenvalue weighted by molar-refractivity contribution is 0.186. The van der Waals surface area contributed by atoms with E-state index in [0.29, 0.717) is 6.04 Å². The molecule has 13 heavy (non-hydrogen) atoms. The molecular formula is C9H15BrN2O. The highest BCUT2D eigenvalue weighted by molar-refractivity contribution is 9.10. The molecule has 1 atom stereocenters. The van der Waals surface area contributed by atoms with E-state index in [9.17, 15) is 5.11 Å². The van der Waals surface area contributed by atoms with Crippen molar-refractivity contribution in [3.8, 4) is 0 Å². The molecule has 0 saturated heterocycles. The number of nitrogens with two attached hydrogens (primary N) is 1. The second kappa shape index (κ2) is 4.26. The third-order valence-corrected chi connectivity index (χ3v) is 2.62. The van der Waals surface area contributed by atoms with E-state index in [2.05, 4.69) is 29.8 Å². The number of aliphatic hydroxyl groups is 1. The zero-order chi connectivity index (χ0) is 10.0. The molecule has 0 saturated carbocycles. The van der Waals surface area contributed by atoms with E-state index in [4.69, 9.17) is 5.73 Å². The number of aromatic nitrogens is 1. The van der Waals surface area contributed by atoms with Gasteiger partial charge in [-0.2, -0.15) is 0 Å². The van der Waals surface area contributed by atoms with Crippen LogP contribution in [0, 0.1) is 0 Å². The summed E-state index contributed by atoms with van der Waals surface area (Å²) in [5.41, 5.74) is 6.23. The Morgan fingerprint density at radius 3 is 2.62 bits per heavy atom. The maximum atomic E-state index is 9.49. The Kier molecular flexibility index (Phi) is 3.53. The van der Waals surface area contributed by atoms with E-state index in [1.165, 1.54) is 0 Å². The molecule has 4 heteroatoms. The van der Waals surface area contributed by atoms with Gasteiger partial charge in [0.05, 0.1) is 10.7 Å². The molecule has 0 amide bonds. The summed E-state index contributed by atoms with van der Waals surface area (Å²) >= 11 is 3.43. The van der Waals surface area contributed by atoms with Gasteiger partial charge in [-0.3, -0.25) is 0 Å². The third-order valence-electron chi connectivity index (χ3n) is 1.98. The summed E-state index contributed by atoms with van der Waals surface area (Å²) in [6.45, 7) is 4.43. The first-order valence-corrected chi connectivity index (χ1v) is 5.11. The standard InChI is InChI=1S/C9H15BrN2O/c1-6(2)12-5-7(3-9(12)10)8(13)4-11/h3,5-6,8,13H,4,11H2,1-2H3. The van der Waals surface area contributed by atoms with E-state index < -0.39 is 6.10 Å². The van der Waals surface area contributed by atoms with E-state index in [1.807, 2.05) is 16.8 Å². The monoisotopic (exact) mass is 246 g/mol. The van der Waals surface area contributed by atoms with Gasteiger partial charge in [0.1, 0.15) is 0 Å². The van der Waals surface area contributed by atoms with Crippen LogP contribution in [0.4, 0.5) is 0 Å². The summed E-state index contributed by atoms with van der Waals surface area (Å²) in [6.07, 6.45) is 1.36. The molecule has 0 aromatic carbocycles. The van der Waals surface area contributed by atoms with Crippen LogP contribution in [0.1, 0.15) is 31.6 Å². The van der Waals surface area contributed by atoms with Gasteiger partial charge in [0.15, 0.2) is 0 Å². The number of aliphatic hydroxyl groups excluding tert-OH is 1. The van der Waals surface area contributed by atoms with Gasteiger partial charge in [-0.15, -0.1) is 0 Å². The molecule has 1 rings (SSSR count). The van der Waals surface area contributed by atoms with Crippen molar-refractivity contribution >= 4 is 15.9 Å². The van der Waals surface area contributed by atoms with Gasteiger partial charge in [-0.05, 0) is 35.8 Å². The molecule has 0 spiro atoms. The van der Waals surface area contributed by atoms with Crippen molar-refractivity contribution in [3.05, 3.63) is 22.4 Å². The summed E-state index contributed by atoms with van der Waals surface area (Å²) in [5.74, 6) is 0. The van der Waals surface area contributed by atoms with Crippen LogP contribution >= 0.6 is 15.9 Å². The molecule has 0 aliphatic heterocycles. The average Bonchev–Trinajstić information content (AvgIpc) is 2.46. The molecule has 1 aromatic heterocycles. The molecule has 0 fully saturated rings. The van der Waals surface area contributed by atoms with E-state index >= 15 is 0 Å². The Morgan fingerprint density at radius 1 is 1.62 bits per heavy atom. The SMILES string of the molecule is CC(C)n1cc(C(O)CN)cc1Br. The smallest absolute Gasteiger partial charge is 0.0927 e. The zero-order valence-electron chi connectivity index (χ0n) is 7.87. The van der Waals surface area contributed by atoms with Crippen molar-refractivity contribution in [2.45, 2.75) is 26.0 Å². The van der Waals surface area contributed by atoms with Gasteiger partial charge in [0, 0.05) is 24.3 Å². The Hall–Kier alpha value is -0.320. The van der Waals surface area contributed by atoms with E-state index in [1.54, 1.807) is 0 Å². The molecule has 3 nitrogen and oxygen atoms in total. The van der Waals surface area contributed by atoms with Crippen molar-refractivity contribution in [1.82, 2.24) is 4.57 Å². The summed E-state index contributed by atoms with van der Waals surface area (Å²) in [7, 11) is 0. The predicted octanol–water partition coefficient (Wildman–Crippen LogP) is 1.82. The Morgan fingerprint density at radius 2 is 2.23 bits per heavy atom. The summed E-state index contributed by atoms with van der Waals surface area (Å²) in [4.78, 5) is 0. The molecule has 0 radical (unpaired) electrons. The third kappa shape index (κ3) is 2.33. The van der Waals surface area contributed by atoms with Gasteiger partial charge in [-0.25, -0.2) is 0 Å². The second-order valence-corrected chi connectivity index (χ2v) is 4.16. The largest absolute Gasteiger partial charge is 0.387 e. The van der Waals surface area contributed by atoms with Gasteiger partial charge in [-0.1, -0.05) is 0 Å². The highest BCUT2D eigenvalue weighted by Gasteiger charge is 2.11. The quantitative estimate of drug-likeness (QED) is 0.856. The molecule has 1 unspecified atom stereocenters. The van der Waals surface area contributed by atoms with Crippen molar-refractivity contribution in [2.24, 2.45) is 5.73 Å². The van der Waals surface area contributed by atoms with Crippen molar-refractivity contribution in [3.63, 3.8) is 0 Å². The van der Waals surface area contributed by atoms with Crippen LogP contribution in [-0.4, -0.2) is 16.2 Å². The number of rotatable bonds is 3. The maximum Gasteiger partial charge on any atom is 0.0927 e. The van der Waals surface area contributed by atoms with Crippen LogP contribution in [0.15, 0.2) is 16.9 Å². The Labute approximate surface area is 86.7 Å². The number of nitrogens with zero attached hydrogens (tertiary/aromatic N) is 1. The van der Waals surface area contributed by atoms with Crippen LogP contribution in [0.25, 0.3) is 0 Å². The number of halogens is 1. The molecule has 74 valence electrons. The lowest BCUT2D eigenvalue weighted by atomic mass is 10.2. The van der Waals surface area contributed by atoms with Crippen LogP contribution in [0.2, 0.25) is 0 Å². The summed E-state index contributed by atoms with van der Waals surface area (Å²) in [6, 6.07) is 2.28. The average molecular weight is 247 g/mol. The Bertz CT molecular complexity index is 283. The minimum absolute atomic E-state index is 0.258. The second-order valence-electron chi connectivity index (χ2n) is 3.35. The number of hydrogen-bond donors (Lipinski definition) is 2. The first-order chi connectivity index (χ1) is 6.06. The van der Waals surface area contributed by atoms with Crippen LogP contribution in [-0.2, 0) is 0 Å². The highest BCUT2D eigenvalue weighted by atomic mass is 79.9. The topological polar surface area (TPSA) is 51.2 Å². The fourth-order valence-electron chi connectivity index (χ4n) is 1.19. The van der Waals surface area contributed by atoms with Gasteiger partial charge in [0.25, 0.3) is 0 Å². The lowest BCUT2D eigenvalue weighted by Gasteiger charge is -2.08. The fraction of sp³-hybridized carbons (Fsp3) is 0.556. The van der Waals surface area contributed by atoms with Gasteiger partial charge in [0.2, 0.25) is 0 Å². The zero-order valence-corrected chi connectivity index (χ0v) is 9.45. The van der Waals surface area contributed by atoms with Gasteiger partial charge < -0.3 is 15.4 Å². The molecule has 0 aliphatic rings. The van der Waals surface area contributed by atoms with Crippen molar-refractivity contribution in [1.29, 1.82) is 0 Å². The molecular weight excluding hydrogens is 232 g/mol. The fourth-order valence-corrected chi connectivity index (χ4v) is 1.96. The summed E-state index contributed by atoms with van der Waals surface area (Å²) in [5, 5.41) is 9.49. The highest BCUT2D eigenvalue weighted by Crippen LogP contribution is 2.23. The Balaban J connectivity index is 2.95. The molecule has 0 bridgehead atoms. The van der Waals surface area contributed by atoms with Crippen LogP contribution < -0.4 is 5.73 Å². The van der Waals surface area contributed by atoms with Crippen LogP contribution in [0.3, 0.4) is 0 Å². The summed E-state index contributed by atoms with van der Waals surface area (Å²) < 4.78 is 3.03. The first-order valence-electron chi connectivity index (χ1n) is 4.31. The van der Waals surface area contributed by atoms with Gasteiger partial charge >= 0.3 is 0 Å². The van der Waals surface area contributed by atoms with E-state index in [0.717, 1.165) is 10.2 Å². The first kappa shape index (κ1) is 10.8. The number of hydrogen-bond acceptors (Lipinski definition) is 2. The molecule has 3 N–H and O–H groups in total. The normalized spacial score (nSPS) is 13.7. The van der Waals surface area contributed by atoms with Crippen molar-refractivity contribution in [2.75, 3.05) is 6.54 Å². The molecule has 1 aromatic rings. The van der Waals surface area contributed by atoms with E-state index in [-0.39, 0.29) is 6.54 Å². The predicted molar refractivity (Wildman–Crippen MR) is 56.5 cm³/mol. The minimum atomic E-state index is -0.559. The molecule has 0 aliphatic carbocycles. The lowest BCUT2D eigenvalue weighted by Crippen LogP contribution is -2.10. The molecule has 1 heterocycles. The maximum absolute atomic E-state index is 9.49. The minimum Gasteiger partial charge on any atom is -0.387 e. The van der Waals surface area contributed by atoms with Crippen LogP contribution in [0.5, 0.6) is 0 Å². The van der Waals surface area contributed by atoms with Crippen molar-refractivity contribution < 1.29 is 5.11 Å².